The molecule has 0 bridgehead atoms. The maximum atomic E-state index is 13.8. The summed E-state index contributed by atoms with van der Waals surface area (Å²) in [5, 5.41) is 0. The fraction of sp³-hybridized carbons (Fsp3) is 0.971. The van der Waals surface area contributed by atoms with Gasteiger partial charge in [0.15, 0.2) is 0 Å². The van der Waals surface area contributed by atoms with Crippen LogP contribution >= 0.6 is 0 Å². The van der Waals surface area contributed by atoms with E-state index in [2.05, 4.69) is 13.8 Å². The molecule has 200 valence electrons. The summed E-state index contributed by atoms with van der Waals surface area (Å²) in [6.45, 7) is 4.67. The molecule has 0 aromatic carbocycles. The van der Waals surface area contributed by atoms with Crippen LogP contribution in [-0.2, 0) is 4.79 Å². The quantitative estimate of drug-likeness (QED) is 0.314. The third-order valence-corrected chi connectivity index (χ3v) is 12.6. The topological polar surface area (TPSA) is 17.1 Å². The van der Waals surface area contributed by atoms with Gasteiger partial charge in [0.05, 0.1) is 0 Å². The van der Waals surface area contributed by atoms with Crippen LogP contribution in [0.3, 0.4) is 0 Å². The van der Waals surface area contributed by atoms with E-state index in [4.69, 9.17) is 0 Å². The van der Waals surface area contributed by atoms with Crippen molar-refractivity contribution in [1.29, 1.82) is 0 Å². The SMILES string of the molecule is CCCCCC1CCC(C2CC[C@]3(CC2)C[C@@]2(CC[C@H](C4CCC(CCC)CC4)CC2)C3=O)CC1. The Labute approximate surface area is 218 Å². The zero-order chi connectivity index (χ0) is 24.3. The smallest absolute Gasteiger partial charge is 0.145 e. The zero-order valence-corrected chi connectivity index (χ0v) is 23.6. The molecule has 0 aromatic heterocycles. The van der Waals surface area contributed by atoms with Crippen molar-refractivity contribution in [2.75, 3.05) is 0 Å². The summed E-state index contributed by atoms with van der Waals surface area (Å²) in [6.07, 6.45) is 32.3. The van der Waals surface area contributed by atoms with E-state index in [0.29, 0.717) is 0 Å². The maximum absolute atomic E-state index is 13.8. The molecule has 0 N–H and O–H groups in total. The van der Waals surface area contributed by atoms with E-state index in [-0.39, 0.29) is 10.8 Å². The molecule has 0 aliphatic heterocycles. The van der Waals surface area contributed by atoms with Crippen LogP contribution in [0, 0.1) is 46.3 Å². The molecule has 5 aliphatic carbocycles. The second-order valence-electron chi connectivity index (χ2n) is 14.6. The number of unbranched alkanes of at least 4 members (excludes halogenated alkanes) is 2. The first-order valence-corrected chi connectivity index (χ1v) is 16.6. The predicted octanol–water partition coefficient (Wildman–Crippen LogP) is 10.3. The first-order valence-electron chi connectivity index (χ1n) is 16.6. The van der Waals surface area contributed by atoms with E-state index in [1.165, 1.54) is 148 Å². The Morgan fingerprint density at radius 3 is 1.37 bits per heavy atom. The Kier molecular flexibility index (Phi) is 8.71. The number of ketones is 1. The lowest BCUT2D eigenvalue weighted by Gasteiger charge is -2.60. The van der Waals surface area contributed by atoms with Gasteiger partial charge in [0, 0.05) is 10.8 Å². The molecule has 0 atom stereocenters. The Morgan fingerprint density at radius 2 is 0.971 bits per heavy atom. The van der Waals surface area contributed by atoms with E-state index in [1.807, 2.05) is 0 Å². The minimum absolute atomic E-state index is 0.138. The van der Waals surface area contributed by atoms with E-state index < -0.39 is 0 Å². The second-order valence-corrected chi connectivity index (χ2v) is 14.6. The van der Waals surface area contributed by atoms with E-state index in [1.54, 1.807) is 0 Å². The standard InChI is InChI=1S/C34H58O/c1-3-5-6-8-27-11-15-29(16-12-27)31-19-23-34(24-20-31)25-33(32(34)35)21-17-30(18-22-33)28-13-9-26(7-4-2)10-14-28/h26-31H,3-25H2,1-2H3/t26?,27?,28?,29?,30-,31?,33-,34-. The summed E-state index contributed by atoms with van der Waals surface area (Å²) in [5.74, 6) is 6.68. The number of carbonyl (C=O) groups excluding carboxylic acids is 1. The Bertz CT molecular complexity index is 661. The molecule has 5 aliphatic rings. The normalized spacial score (nSPS) is 44.5. The van der Waals surface area contributed by atoms with E-state index in [9.17, 15) is 4.79 Å². The first-order chi connectivity index (χ1) is 17.1. The van der Waals surface area contributed by atoms with Crippen LogP contribution in [-0.4, -0.2) is 5.78 Å². The highest BCUT2D eigenvalue weighted by Gasteiger charge is 2.63. The Balaban J connectivity index is 1.03. The maximum Gasteiger partial charge on any atom is 0.145 e. The molecule has 1 nitrogen and oxygen atoms in total. The van der Waals surface area contributed by atoms with Crippen molar-refractivity contribution in [2.45, 2.75) is 162 Å². The molecule has 0 radical (unpaired) electrons. The third kappa shape index (κ3) is 5.60. The van der Waals surface area contributed by atoms with Crippen LogP contribution in [0.4, 0.5) is 0 Å². The van der Waals surface area contributed by atoms with Crippen molar-refractivity contribution in [1.82, 2.24) is 0 Å². The minimum Gasteiger partial charge on any atom is -0.298 e. The fourth-order valence-electron chi connectivity index (χ4n) is 10.4. The zero-order valence-electron chi connectivity index (χ0n) is 23.6. The summed E-state index contributed by atoms with van der Waals surface area (Å²) >= 11 is 0. The van der Waals surface area contributed by atoms with Gasteiger partial charge in [0.25, 0.3) is 0 Å². The van der Waals surface area contributed by atoms with E-state index >= 15 is 0 Å². The van der Waals surface area contributed by atoms with Crippen LogP contribution in [0.2, 0.25) is 0 Å². The first kappa shape index (κ1) is 26.3. The third-order valence-electron chi connectivity index (χ3n) is 12.6. The molecule has 5 saturated carbocycles. The van der Waals surface area contributed by atoms with Crippen molar-refractivity contribution in [3.05, 3.63) is 0 Å². The average Bonchev–Trinajstić information content (AvgIpc) is 2.91. The molecular formula is C34H58O. The summed E-state index contributed by atoms with van der Waals surface area (Å²) in [4.78, 5) is 13.8. The number of hydrogen-bond acceptors (Lipinski definition) is 1. The lowest BCUT2D eigenvalue weighted by Crippen LogP contribution is -2.60. The number of Topliss-reactive ketones (excluding diaryl/α,β-unsaturated/α-hetero) is 1. The van der Waals surface area contributed by atoms with Gasteiger partial charge in [-0.1, -0.05) is 78.1 Å². The Morgan fingerprint density at radius 1 is 0.543 bits per heavy atom. The van der Waals surface area contributed by atoms with E-state index in [0.717, 1.165) is 41.3 Å². The van der Waals surface area contributed by atoms with Gasteiger partial charge in [-0.05, 0) is 119 Å². The van der Waals surface area contributed by atoms with Gasteiger partial charge < -0.3 is 0 Å². The van der Waals surface area contributed by atoms with Crippen molar-refractivity contribution in [3.63, 3.8) is 0 Å². The fourth-order valence-corrected chi connectivity index (χ4v) is 10.4. The number of rotatable bonds is 8. The summed E-state index contributed by atoms with van der Waals surface area (Å²) < 4.78 is 0. The molecule has 0 saturated heterocycles. The highest BCUT2D eigenvalue weighted by atomic mass is 16.1. The lowest BCUT2D eigenvalue weighted by molar-refractivity contribution is -0.170. The Hall–Kier alpha value is -0.330. The molecular weight excluding hydrogens is 424 g/mol. The van der Waals surface area contributed by atoms with Crippen LogP contribution in [0.15, 0.2) is 0 Å². The van der Waals surface area contributed by atoms with Gasteiger partial charge in [0.1, 0.15) is 5.78 Å². The van der Waals surface area contributed by atoms with Gasteiger partial charge in [-0.25, -0.2) is 0 Å². The summed E-state index contributed by atoms with van der Waals surface area (Å²) in [7, 11) is 0. The summed E-state index contributed by atoms with van der Waals surface area (Å²) in [5.41, 5.74) is 0.276. The van der Waals surface area contributed by atoms with Crippen LogP contribution in [0.25, 0.3) is 0 Å². The number of hydrogen-bond donors (Lipinski definition) is 0. The molecule has 0 heterocycles. The van der Waals surface area contributed by atoms with Crippen molar-refractivity contribution >= 4 is 5.78 Å². The van der Waals surface area contributed by atoms with Crippen molar-refractivity contribution < 1.29 is 4.79 Å². The molecule has 5 rings (SSSR count). The molecule has 1 heteroatoms. The molecule has 0 unspecified atom stereocenters. The molecule has 5 fully saturated rings. The molecule has 0 aromatic rings. The van der Waals surface area contributed by atoms with Gasteiger partial charge in [0.2, 0.25) is 0 Å². The van der Waals surface area contributed by atoms with Crippen molar-refractivity contribution in [3.8, 4) is 0 Å². The second kappa shape index (κ2) is 11.6. The van der Waals surface area contributed by atoms with Gasteiger partial charge in [-0.2, -0.15) is 0 Å². The van der Waals surface area contributed by atoms with Crippen molar-refractivity contribution in [2.24, 2.45) is 46.3 Å². The highest BCUT2D eigenvalue weighted by molar-refractivity contribution is 5.96. The molecule has 2 spiro atoms. The molecule has 35 heavy (non-hydrogen) atoms. The highest BCUT2D eigenvalue weighted by Crippen LogP contribution is 2.65. The van der Waals surface area contributed by atoms with Gasteiger partial charge in [-0.15, -0.1) is 0 Å². The predicted molar refractivity (Wildman–Crippen MR) is 148 cm³/mol. The molecule has 0 amide bonds. The number of carbonyl (C=O) groups is 1. The average molecular weight is 483 g/mol. The van der Waals surface area contributed by atoms with Crippen LogP contribution in [0.5, 0.6) is 0 Å². The minimum atomic E-state index is 0.138. The van der Waals surface area contributed by atoms with Gasteiger partial charge in [-0.3, -0.25) is 4.79 Å². The van der Waals surface area contributed by atoms with Gasteiger partial charge >= 0.3 is 0 Å². The monoisotopic (exact) mass is 482 g/mol. The largest absolute Gasteiger partial charge is 0.298 e. The lowest BCUT2D eigenvalue weighted by atomic mass is 9.42. The van der Waals surface area contributed by atoms with Crippen LogP contribution < -0.4 is 0 Å². The summed E-state index contributed by atoms with van der Waals surface area (Å²) in [6, 6.07) is 0. The van der Waals surface area contributed by atoms with Crippen LogP contribution in [0.1, 0.15) is 162 Å².